The Balaban J connectivity index is 2.80. The first kappa shape index (κ1) is 13.2. The molecular formula is C13H18N2O2. The lowest BCUT2D eigenvalue weighted by molar-refractivity contribution is -0.121. The molecule has 0 spiro atoms. The van der Waals surface area contributed by atoms with E-state index in [9.17, 15) is 9.59 Å². The molecular weight excluding hydrogens is 216 g/mol. The fourth-order valence-corrected chi connectivity index (χ4v) is 1.49. The second-order valence-electron chi connectivity index (χ2n) is 4.28. The first-order valence-electron chi connectivity index (χ1n) is 5.57. The molecule has 0 radical (unpaired) electrons. The molecule has 0 aliphatic heterocycles. The Bertz CT molecular complexity index is 410. The van der Waals surface area contributed by atoms with Gasteiger partial charge in [0, 0.05) is 31.3 Å². The summed E-state index contributed by atoms with van der Waals surface area (Å²) in [5, 5.41) is 2.68. The Kier molecular flexibility index (Phi) is 4.26. The predicted molar refractivity (Wildman–Crippen MR) is 69.0 cm³/mol. The molecule has 0 heterocycles. The third kappa shape index (κ3) is 3.59. The van der Waals surface area contributed by atoms with Gasteiger partial charge < -0.3 is 10.2 Å². The quantitative estimate of drug-likeness (QED) is 0.872. The van der Waals surface area contributed by atoms with E-state index in [2.05, 4.69) is 5.32 Å². The van der Waals surface area contributed by atoms with Crippen molar-refractivity contribution in [3.63, 3.8) is 0 Å². The van der Waals surface area contributed by atoms with Gasteiger partial charge in [0.25, 0.3) is 0 Å². The lowest BCUT2D eigenvalue weighted by atomic mass is 10.2. The van der Waals surface area contributed by atoms with Crippen molar-refractivity contribution in [2.45, 2.75) is 20.8 Å². The number of carbonyl (C=O) groups excluding carboxylic acids is 2. The van der Waals surface area contributed by atoms with Crippen molar-refractivity contribution >= 4 is 23.2 Å². The van der Waals surface area contributed by atoms with Crippen molar-refractivity contribution in [1.29, 1.82) is 0 Å². The van der Waals surface area contributed by atoms with Crippen LogP contribution in [0.4, 0.5) is 11.4 Å². The van der Waals surface area contributed by atoms with E-state index in [0.29, 0.717) is 0 Å². The maximum Gasteiger partial charge on any atom is 0.229 e. The molecule has 0 aliphatic rings. The number of hydrogen-bond acceptors (Lipinski definition) is 2. The van der Waals surface area contributed by atoms with E-state index in [-0.39, 0.29) is 17.7 Å². The molecule has 1 aromatic rings. The monoisotopic (exact) mass is 234 g/mol. The summed E-state index contributed by atoms with van der Waals surface area (Å²) in [6.45, 7) is 5.19. The van der Waals surface area contributed by atoms with Crippen molar-refractivity contribution < 1.29 is 9.59 Å². The first-order valence-corrected chi connectivity index (χ1v) is 5.57. The lowest BCUT2D eigenvalue weighted by Crippen LogP contribution is -2.30. The smallest absolute Gasteiger partial charge is 0.229 e. The van der Waals surface area contributed by atoms with Gasteiger partial charge >= 0.3 is 0 Å². The van der Waals surface area contributed by atoms with E-state index in [1.165, 1.54) is 6.92 Å². The van der Waals surface area contributed by atoms with Crippen LogP contribution in [0.25, 0.3) is 0 Å². The zero-order chi connectivity index (χ0) is 13.0. The molecule has 0 fully saturated rings. The second kappa shape index (κ2) is 5.48. The number of nitrogens with one attached hydrogen (secondary N) is 1. The average Bonchev–Trinajstić information content (AvgIpc) is 2.27. The van der Waals surface area contributed by atoms with E-state index in [0.717, 1.165) is 11.4 Å². The van der Waals surface area contributed by atoms with E-state index in [1.54, 1.807) is 24.1 Å². The largest absolute Gasteiger partial charge is 0.326 e. The Morgan fingerprint density at radius 2 is 1.71 bits per heavy atom. The zero-order valence-electron chi connectivity index (χ0n) is 10.7. The molecule has 0 unspecified atom stereocenters. The normalized spacial score (nSPS) is 10.2. The van der Waals surface area contributed by atoms with Crippen molar-refractivity contribution in [1.82, 2.24) is 0 Å². The van der Waals surface area contributed by atoms with Crippen LogP contribution in [0, 0.1) is 5.92 Å². The van der Waals surface area contributed by atoms with Gasteiger partial charge in [-0.15, -0.1) is 0 Å². The number of rotatable bonds is 3. The number of benzene rings is 1. The molecule has 1 aromatic carbocycles. The molecule has 0 saturated carbocycles. The van der Waals surface area contributed by atoms with E-state index in [1.807, 2.05) is 26.0 Å². The van der Waals surface area contributed by atoms with Crippen molar-refractivity contribution in [3.05, 3.63) is 24.3 Å². The SMILES string of the molecule is CC(=O)Nc1ccc(N(C)C(=O)C(C)C)cc1. The minimum absolute atomic E-state index is 0.0324. The highest BCUT2D eigenvalue weighted by Crippen LogP contribution is 2.18. The van der Waals surface area contributed by atoms with Gasteiger partial charge in [-0.25, -0.2) is 0 Å². The molecule has 1 rings (SSSR count). The van der Waals surface area contributed by atoms with Crippen LogP contribution in [0.15, 0.2) is 24.3 Å². The first-order chi connectivity index (χ1) is 7.91. The van der Waals surface area contributed by atoms with E-state index >= 15 is 0 Å². The van der Waals surface area contributed by atoms with Gasteiger partial charge in [0.15, 0.2) is 0 Å². The number of amides is 2. The van der Waals surface area contributed by atoms with Crippen LogP contribution in [0.5, 0.6) is 0 Å². The molecule has 2 amide bonds. The number of carbonyl (C=O) groups is 2. The van der Waals surface area contributed by atoms with Gasteiger partial charge in [0.1, 0.15) is 0 Å². The van der Waals surface area contributed by atoms with Gasteiger partial charge in [0.2, 0.25) is 11.8 Å². The minimum atomic E-state index is -0.107. The summed E-state index contributed by atoms with van der Waals surface area (Å²) >= 11 is 0. The predicted octanol–water partition coefficient (Wildman–Crippen LogP) is 2.26. The van der Waals surface area contributed by atoms with Crippen LogP contribution >= 0.6 is 0 Å². The maximum absolute atomic E-state index is 11.8. The fraction of sp³-hybridized carbons (Fsp3) is 0.385. The number of anilines is 2. The van der Waals surface area contributed by atoms with Crippen LogP contribution < -0.4 is 10.2 Å². The fourth-order valence-electron chi connectivity index (χ4n) is 1.49. The third-order valence-electron chi connectivity index (χ3n) is 2.40. The Labute approximate surface area is 102 Å². The van der Waals surface area contributed by atoms with E-state index in [4.69, 9.17) is 0 Å². The number of hydrogen-bond donors (Lipinski definition) is 1. The molecule has 17 heavy (non-hydrogen) atoms. The van der Waals surface area contributed by atoms with Crippen LogP contribution in [0.1, 0.15) is 20.8 Å². The summed E-state index contributed by atoms with van der Waals surface area (Å²) in [4.78, 5) is 24.2. The van der Waals surface area contributed by atoms with Crippen LogP contribution in [-0.2, 0) is 9.59 Å². The lowest BCUT2D eigenvalue weighted by Gasteiger charge is -2.19. The molecule has 92 valence electrons. The topological polar surface area (TPSA) is 49.4 Å². The highest BCUT2D eigenvalue weighted by atomic mass is 16.2. The third-order valence-corrected chi connectivity index (χ3v) is 2.40. The highest BCUT2D eigenvalue weighted by Gasteiger charge is 2.14. The minimum Gasteiger partial charge on any atom is -0.326 e. The zero-order valence-corrected chi connectivity index (χ0v) is 10.7. The Morgan fingerprint density at radius 1 is 1.18 bits per heavy atom. The molecule has 0 aromatic heterocycles. The number of nitrogens with zero attached hydrogens (tertiary/aromatic N) is 1. The summed E-state index contributed by atoms with van der Waals surface area (Å²) in [7, 11) is 1.75. The molecule has 0 atom stereocenters. The van der Waals surface area contributed by atoms with Crippen LogP contribution in [-0.4, -0.2) is 18.9 Å². The van der Waals surface area contributed by atoms with Gasteiger partial charge in [0.05, 0.1) is 0 Å². The molecule has 0 saturated heterocycles. The molecule has 4 heteroatoms. The van der Waals surface area contributed by atoms with E-state index < -0.39 is 0 Å². The molecule has 1 N–H and O–H groups in total. The second-order valence-corrected chi connectivity index (χ2v) is 4.28. The van der Waals surface area contributed by atoms with Crippen LogP contribution in [0.2, 0.25) is 0 Å². The summed E-state index contributed by atoms with van der Waals surface area (Å²) in [5.41, 5.74) is 1.55. The molecule has 0 bridgehead atoms. The Morgan fingerprint density at radius 3 is 2.12 bits per heavy atom. The van der Waals surface area contributed by atoms with Gasteiger partial charge in [-0.2, -0.15) is 0 Å². The van der Waals surface area contributed by atoms with Crippen LogP contribution in [0.3, 0.4) is 0 Å². The van der Waals surface area contributed by atoms with Crippen molar-refractivity contribution in [3.8, 4) is 0 Å². The molecule has 4 nitrogen and oxygen atoms in total. The summed E-state index contributed by atoms with van der Waals surface area (Å²) in [6.07, 6.45) is 0. The Hall–Kier alpha value is -1.84. The molecule has 0 aliphatic carbocycles. The summed E-state index contributed by atoms with van der Waals surface area (Å²) < 4.78 is 0. The summed E-state index contributed by atoms with van der Waals surface area (Å²) in [6, 6.07) is 7.18. The highest BCUT2D eigenvalue weighted by molar-refractivity contribution is 5.94. The van der Waals surface area contributed by atoms with Crippen molar-refractivity contribution in [2.24, 2.45) is 5.92 Å². The van der Waals surface area contributed by atoms with Gasteiger partial charge in [-0.05, 0) is 24.3 Å². The maximum atomic E-state index is 11.8. The average molecular weight is 234 g/mol. The summed E-state index contributed by atoms with van der Waals surface area (Å²) in [5.74, 6) is -0.0725. The van der Waals surface area contributed by atoms with Gasteiger partial charge in [-0.1, -0.05) is 13.8 Å². The van der Waals surface area contributed by atoms with Gasteiger partial charge in [-0.3, -0.25) is 9.59 Å². The standard InChI is InChI=1S/C13H18N2O2/c1-9(2)13(17)15(4)12-7-5-11(6-8-12)14-10(3)16/h5-9H,1-4H3,(H,14,16). The van der Waals surface area contributed by atoms with Crippen molar-refractivity contribution in [2.75, 3.05) is 17.3 Å².